The lowest BCUT2D eigenvalue weighted by Gasteiger charge is -2.25. The highest BCUT2D eigenvalue weighted by molar-refractivity contribution is 6.71. The molecule has 1 radical (unpaired) electrons. The van der Waals surface area contributed by atoms with Gasteiger partial charge in [-0.15, -0.1) is 0 Å². The van der Waals surface area contributed by atoms with Crippen molar-refractivity contribution in [3.05, 3.63) is 17.7 Å². The molecule has 87 valence electrons. The van der Waals surface area contributed by atoms with E-state index in [0.717, 1.165) is 6.04 Å². The smallest absolute Gasteiger partial charge is 0.341 e. The Morgan fingerprint density at radius 1 is 1.40 bits per heavy atom. The van der Waals surface area contributed by atoms with Gasteiger partial charge in [-0.05, 0) is 19.4 Å². The second-order valence-electron chi connectivity index (χ2n) is 3.21. The van der Waals surface area contributed by atoms with Crippen LogP contribution in [0.25, 0.3) is 0 Å². The lowest BCUT2D eigenvalue weighted by Crippen LogP contribution is -2.40. The maximum Gasteiger partial charge on any atom is 0.341 e. The maximum absolute atomic E-state index is 10.5. The fourth-order valence-electron chi connectivity index (χ4n) is 1.19. The van der Waals surface area contributed by atoms with Crippen molar-refractivity contribution in [2.24, 2.45) is 0 Å². The van der Waals surface area contributed by atoms with Crippen molar-refractivity contribution in [2.45, 2.75) is 26.3 Å². The van der Waals surface area contributed by atoms with Crippen LogP contribution < -0.4 is 0 Å². The van der Waals surface area contributed by atoms with Crippen LogP contribution in [0.2, 0.25) is 6.04 Å². The first-order valence-electron chi connectivity index (χ1n) is 4.86. The predicted molar refractivity (Wildman–Crippen MR) is 60.6 cm³/mol. The number of carboxylic acid groups (broad SMARTS) is 1. The molecule has 0 unspecified atom stereocenters. The molecule has 5 heteroatoms. The van der Waals surface area contributed by atoms with Crippen molar-refractivity contribution in [3.8, 4) is 0 Å². The molecule has 0 fully saturated rings. The van der Waals surface area contributed by atoms with Gasteiger partial charge >= 0.3 is 14.5 Å². The molecule has 0 heterocycles. The average molecular weight is 231 g/mol. The van der Waals surface area contributed by atoms with Gasteiger partial charge in [0.1, 0.15) is 0 Å². The van der Waals surface area contributed by atoms with E-state index < -0.39 is 14.5 Å². The minimum Gasteiger partial charge on any atom is -0.478 e. The Bertz CT molecular complexity index is 225. The van der Waals surface area contributed by atoms with Gasteiger partial charge in [0.2, 0.25) is 0 Å². The molecule has 15 heavy (non-hydrogen) atoms. The van der Waals surface area contributed by atoms with Crippen LogP contribution in [-0.4, -0.2) is 33.9 Å². The van der Waals surface area contributed by atoms with Crippen LogP contribution in [0.15, 0.2) is 11.6 Å². The van der Waals surface area contributed by atoms with Gasteiger partial charge in [-0.25, -0.2) is 4.79 Å². The van der Waals surface area contributed by atoms with Crippen LogP contribution >= 0.6 is 0 Å². The van der Waals surface area contributed by atoms with Crippen LogP contribution in [0, 0.1) is 6.04 Å². The summed E-state index contributed by atoms with van der Waals surface area (Å²) in [5.41, 5.74) is 0.345. The van der Waals surface area contributed by atoms with Gasteiger partial charge in [0.25, 0.3) is 0 Å². The summed E-state index contributed by atoms with van der Waals surface area (Å²) in [6.45, 7) is 3.58. The molecular weight excluding hydrogens is 212 g/mol. The third-order valence-electron chi connectivity index (χ3n) is 2.37. The van der Waals surface area contributed by atoms with Crippen molar-refractivity contribution >= 4 is 14.5 Å². The molecule has 0 bridgehead atoms. The summed E-state index contributed by atoms with van der Waals surface area (Å²) in [6.07, 6.45) is 2.23. The largest absolute Gasteiger partial charge is 0.478 e. The zero-order valence-corrected chi connectivity index (χ0v) is 10.7. The standard InChI is InChI=1S/C10H19O4Si/c1-5-15(13-3,14-4)8-6-7-9(2)10(11)12/h7-8H,5-6H2,1-4H3,(H,11,12). The highest BCUT2D eigenvalue weighted by atomic mass is 28.4. The lowest BCUT2D eigenvalue weighted by molar-refractivity contribution is -0.132. The number of hydrogen-bond donors (Lipinski definition) is 1. The summed E-state index contributed by atoms with van der Waals surface area (Å²) >= 11 is 0. The lowest BCUT2D eigenvalue weighted by atomic mass is 10.2. The fourth-order valence-corrected chi connectivity index (χ4v) is 3.03. The first-order valence-corrected chi connectivity index (χ1v) is 6.96. The molecular formula is C10H19O4Si. The molecule has 0 saturated heterocycles. The minimum atomic E-state index is -2.18. The number of hydrogen-bond acceptors (Lipinski definition) is 3. The van der Waals surface area contributed by atoms with Gasteiger partial charge in [0.05, 0.1) is 0 Å². The van der Waals surface area contributed by atoms with Crippen LogP contribution in [0.1, 0.15) is 20.3 Å². The highest BCUT2D eigenvalue weighted by Gasteiger charge is 2.32. The van der Waals surface area contributed by atoms with Crippen molar-refractivity contribution < 1.29 is 18.8 Å². The van der Waals surface area contributed by atoms with Gasteiger partial charge in [0.15, 0.2) is 0 Å². The first-order chi connectivity index (χ1) is 7.01. The summed E-state index contributed by atoms with van der Waals surface area (Å²) in [6, 6.07) is 2.78. The predicted octanol–water partition coefficient (Wildman–Crippen LogP) is 1.91. The van der Waals surface area contributed by atoms with Gasteiger partial charge in [0, 0.05) is 25.8 Å². The van der Waals surface area contributed by atoms with E-state index in [0.29, 0.717) is 12.0 Å². The number of carboxylic acids is 1. The number of allylic oxidation sites excluding steroid dienone is 1. The topological polar surface area (TPSA) is 55.8 Å². The first kappa shape index (κ1) is 14.3. The van der Waals surface area contributed by atoms with Gasteiger partial charge < -0.3 is 14.0 Å². The molecule has 0 aromatic carbocycles. The number of rotatable bonds is 7. The summed E-state index contributed by atoms with van der Waals surface area (Å²) in [4.78, 5) is 10.5. The summed E-state index contributed by atoms with van der Waals surface area (Å²) in [5.74, 6) is -0.887. The molecule has 0 spiro atoms. The molecule has 4 nitrogen and oxygen atoms in total. The van der Waals surface area contributed by atoms with Crippen molar-refractivity contribution in [1.82, 2.24) is 0 Å². The Hall–Kier alpha value is -0.653. The van der Waals surface area contributed by atoms with Gasteiger partial charge in [-0.3, -0.25) is 0 Å². The van der Waals surface area contributed by atoms with Crippen molar-refractivity contribution in [3.63, 3.8) is 0 Å². The third-order valence-corrected chi connectivity index (χ3v) is 5.60. The highest BCUT2D eigenvalue weighted by Crippen LogP contribution is 2.17. The molecule has 0 aliphatic rings. The second kappa shape index (κ2) is 6.76. The van der Waals surface area contributed by atoms with Crippen molar-refractivity contribution in [2.75, 3.05) is 14.2 Å². The SMILES string of the molecule is CC[Si]([CH]CC=C(C)C(=O)O)(OC)OC. The van der Waals surface area contributed by atoms with Crippen LogP contribution in [0.5, 0.6) is 0 Å². The Morgan fingerprint density at radius 2 is 1.93 bits per heavy atom. The normalized spacial score (nSPS) is 12.9. The summed E-state index contributed by atoms with van der Waals surface area (Å²) in [5, 5.41) is 8.65. The Kier molecular flexibility index (Phi) is 6.47. The van der Waals surface area contributed by atoms with E-state index in [2.05, 4.69) is 0 Å². The van der Waals surface area contributed by atoms with E-state index in [9.17, 15) is 4.79 Å². The Labute approximate surface area is 92.1 Å². The van der Waals surface area contributed by atoms with E-state index in [4.69, 9.17) is 14.0 Å². The zero-order valence-electron chi connectivity index (χ0n) is 9.74. The molecule has 0 aliphatic carbocycles. The maximum atomic E-state index is 10.5. The third kappa shape index (κ3) is 4.59. The molecule has 0 amide bonds. The monoisotopic (exact) mass is 231 g/mol. The molecule has 0 aromatic heterocycles. The van der Waals surface area contributed by atoms with E-state index in [1.165, 1.54) is 0 Å². The molecule has 1 N–H and O–H groups in total. The van der Waals surface area contributed by atoms with Gasteiger partial charge in [-0.1, -0.05) is 13.0 Å². The minimum absolute atomic E-state index is 0.345. The molecule has 0 saturated carbocycles. The fraction of sp³-hybridized carbons (Fsp3) is 0.600. The summed E-state index contributed by atoms with van der Waals surface area (Å²) in [7, 11) is 1.08. The molecule has 0 aromatic rings. The average Bonchev–Trinajstić information content (AvgIpc) is 2.24. The molecule has 0 rings (SSSR count). The summed E-state index contributed by atoms with van der Waals surface area (Å²) < 4.78 is 10.7. The van der Waals surface area contributed by atoms with E-state index in [1.807, 2.05) is 13.0 Å². The number of carbonyl (C=O) groups is 1. The number of aliphatic carboxylic acids is 1. The van der Waals surface area contributed by atoms with E-state index in [-0.39, 0.29) is 0 Å². The van der Waals surface area contributed by atoms with Crippen LogP contribution in [0.3, 0.4) is 0 Å². The Balaban J connectivity index is 4.23. The van der Waals surface area contributed by atoms with Crippen molar-refractivity contribution in [1.29, 1.82) is 0 Å². The molecule has 0 atom stereocenters. The van der Waals surface area contributed by atoms with E-state index in [1.54, 1.807) is 27.2 Å². The Morgan fingerprint density at radius 3 is 2.27 bits per heavy atom. The van der Waals surface area contributed by atoms with Crippen LogP contribution in [-0.2, 0) is 13.6 Å². The zero-order chi connectivity index (χ0) is 11.9. The van der Waals surface area contributed by atoms with Crippen LogP contribution in [0.4, 0.5) is 0 Å². The molecule has 0 aliphatic heterocycles. The second-order valence-corrected chi connectivity index (χ2v) is 6.76. The quantitative estimate of drug-likeness (QED) is 0.537. The van der Waals surface area contributed by atoms with Gasteiger partial charge in [-0.2, -0.15) is 0 Å². The van der Waals surface area contributed by atoms with E-state index >= 15 is 0 Å².